The van der Waals surface area contributed by atoms with Crippen molar-refractivity contribution >= 4 is 34.1 Å². The van der Waals surface area contributed by atoms with Crippen LogP contribution in [0.1, 0.15) is 18.3 Å². The summed E-state index contributed by atoms with van der Waals surface area (Å²) in [7, 11) is 1.60. The van der Waals surface area contributed by atoms with Gasteiger partial charge in [0.15, 0.2) is 0 Å². The van der Waals surface area contributed by atoms with Gasteiger partial charge in [0.2, 0.25) is 5.91 Å². The van der Waals surface area contributed by atoms with Gasteiger partial charge in [0.25, 0.3) is 5.56 Å². The molecule has 0 saturated carbocycles. The Morgan fingerprint density at radius 1 is 1.27 bits per heavy atom. The first-order valence-electron chi connectivity index (χ1n) is 8.92. The number of carbonyl (C=O) groups excluding carboxylic acids is 1. The Kier molecular flexibility index (Phi) is 6.14. The highest BCUT2D eigenvalue weighted by molar-refractivity contribution is 6.30. The van der Waals surface area contributed by atoms with Gasteiger partial charge in [-0.3, -0.25) is 14.5 Å². The molecular formula is C20H18ClF3N4O2. The van der Waals surface area contributed by atoms with Crippen molar-refractivity contribution in [2.75, 3.05) is 12.4 Å². The number of anilines is 1. The predicted octanol–water partition coefficient (Wildman–Crippen LogP) is 4.05. The summed E-state index contributed by atoms with van der Waals surface area (Å²) in [6.45, 7) is 1.65. The number of carbonyl (C=O) groups is 1. The summed E-state index contributed by atoms with van der Waals surface area (Å²) in [5.74, 6) is -0.309. The fraction of sp³-hybridized carbons (Fsp3) is 0.250. The number of likely N-dealkylation sites (N-methyl/N-ethyl adjacent to an activating group) is 1. The quantitative estimate of drug-likeness (QED) is 0.630. The van der Waals surface area contributed by atoms with Crippen LogP contribution in [0.3, 0.4) is 0 Å². The molecule has 0 radical (unpaired) electrons. The molecule has 1 amide bonds. The Labute approximate surface area is 174 Å². The second kappa shape index (κ2) is 8.45. The van der Waals surface area contributed by atoms with Crippen LogP contribution in [0.25, 0.3) is 10.9 Å². The third-order valence-electron chi connectivity index (χ3n) is 4.65. The van der Waals surface area contributed by atoms with E-state index in [0.717, 1.165) is 12.1 Å². The van der Waals surface area contributed by atoms with E-state index in [-0.39, 0.29) is 22.8 Å². The van der Waals surface area contributed by atoms with Gasteiger partial charge in [-0.1, -0.05) is 23.7 Å². The molecule has 0 aliphatic carbocycles. The molecule has 0 aliphatic heterocycles. The molecule has 6 nitrogen and oxygen atoms in total. The van der Waals surface area contributed by atoms with Crippen LogP contribution in [0.15, 0.2) is 47.3 Å². The molecular weight excluding hydrogens is 421 g/mol. The number of para-hydroxylation sites is 1. The number of H-pyrrole nitrogens is 1. The average Bonchev–Trinajstić information content (AvgIpc) is 2.68. The molecule has 3 aromatic rings. The number of hydrogen-bond acceptors (Lipinski definition) is 4. The monoisotopic (exact) mass is 438 g/mol. The molecule has 2 N–H and O–H groups in total. The zero-order valence-corrected chi connectivity index (χ0v) is 16.8. The van der Waals surface area contributed by atoms with Crippen molar-refractivity contribution in [2.45, 2.75) is 25.7 Å². The van der Waals surface area contributed by atoms with E-state index < -0.39 is 23.7 Å². The van der Waals surface area contributed by atoms with Crippen LogP contribution in [0.5, 0.6) is 0 Å². The highest BCUT2D eigenvalue weighted by Gasteiger charge is 2.34. The van der Waals surface area contributed by atoms with Gasteiger partial charge < -0.3 is 10.3 Å². The van der Waals surface area contributed by atoms with Crippen LogP contribution >= 0.6 is 11.6 Å². The smallest absolute Gasteiger partial charge is 0.324 e. The van der Waals surface area contributed by atoms with Gasteiger partial charge in [-0.25, -0.2) is 4.98 Å². The van der Waals surface area contributed by atoms with Crippen LogP contribution in [0.4, 0.5) is 18.9 Å². The Balaban J connectivity index is 1.76. The zero-order chi connectivity index (χ0) is 22.1. The van der Waals surface area contributed by atoms with Crippen molar-refractivity contribution in [3.05, 3.63) is 69.2 Å². The topological polar surface area (TPSA) is 78.1 Å². The molecule has 1 atom stereocenters. The molecule has 0 fully saturated rings. The van der Waals surface area contributed by atoms with Gasteiger partial charge in [0, 0.05) is 5.02 Å². The van der Waals surface area contributed by atoms with Crippen molar-refractivity contribution in [3.8, 4) is 0 Å². The molecule has 0 aliphatic rings. The summed E-state index contributed by atoms with van der Waals surface area (Å²) >= 11 is 5.66. The van der Waals surface area contributed by atoms with E-state index in [9.17, 15) is 22.8 Å². The van der Waals surface area contributed by atoms with E-state index in [0.29, 0.717) is 16.7 Å². The number of aromatic nitrogens is 2. The van der Waals surface area contributed by atoms with E-state index in [1.807, 2.05) is 0 Å². The van der Waals surface area contributed by atoms with Gasteiger partial charge in [-0.05, 0) is 44.3 Å². The van der Waals surface area contributed by atoms with Gasteiger partial charge in [-0.2, -0.15) is 13.2 Å². The third kappa shape index (κ3) is 4.80. The second-order valence-corrected chi connectivity index (χ2v) is 7.23. The molecule has 1 aromatic heterocycles. The first-order valence-corrected chi connectivity index (χ1v) is 9.30. The molecule has 0 spiro atoms. The summed E-state index contributed by atoms with van der Waals surface area (Å²) in [6.07, 6.45) is -4.67. The normalized spacial score (nSPS) is 12.9. The highest BCUT2D eigenvalue weighted by atomic mass is 35.5. The lowest BCUT2D eigenvalue weighted by atomic mass is 10.1. The molecule has 158 valence electrons. The lowest BCUT2D eigenvalue weighted by Crippen LogP contribution is -2.40. The Morgan fingerprint density at radius 3 is 2.67 bits per heavy atom. The number of rotatable bonds is 5. The SMILES string of the molecule is CC(C(=O)Nc1ccc(Cl)cc1C(F)(F)F)N(C)Cc1nc2ccccc2c(=O)[nH]1. The van der Waals surface area contributed by atoms with Gasteiger partial charge in [-0.15, -0.1) is 0 Å². The first kappa shape index (κ1) is 21.8. The Bertz CT molecular complexity index is 1150. The van der Waals surface area contributed by atoms with Crippen LogP contribution in [0.2, 0.25) is 5.02 Å². The second-order valence-electron chi connectivity index (χ2n) is 6.80. The van der Waals surface area contributed by atoms with Crippen molar-refractivity contribution in [2.24, 2.45) is 0 Å². The summed E-state index contributed by atoms with van der Waals surface area (Å²) < 4.78 is 39.7. The molecule has 10 heteroatoms. The van der Waals surface area contributed by atoms with Crippen LogP contribution < -0.4 is 10.9 Å². The number of amides is 1. The molecule has 3 rings (SSSR count). The Morgan fingerprint density at radius 2 is 1.97 bits per heavy atom. The van der Waals surface area contributed by atoms with E-state index in [1.54, 1.807) is 36.2 Å². The van der Waals surface area contributed by atoms with Crippen LogP contribution in [0, 0.1) is 0 Å². The van der Waals surface area contributed by atoms with Gasteiger partial charge >= 0.3 is 6.18 Å². The third-order valence-corrected chi connectivity index (χ3v) is 4.88. The standard InChI is InChI=1S/C20H18ClF3N4O2/c1-11(18(29)26-16-8-7-12(21)9-14(16)20(22,23)24)28(2)10-17-25-15-6-4-3-5-13(15)19(30)27-17/h3-9,11H,10H2,1-2H3,(H,26,29)(H,25,27,30). The zero-order valence-electron chi connectivity index (χ0n) is 16.0. The van der Waals surface area contributed by atoms with Crippen molar-refractivity contribution in [1.82, 2.24) is 14.9 Å². The maximum absolute atomic E-state index is 13.2. The minimum atomic E-state index is -4.67. The molecule has 2 aromatic carbocycles. The fourth-order valence-corrected chi connectivity index (χ4v) is 3.05. The number of nitrogens with one attached hydrogen (secondary N) is 2. The number of benzene rings is 2. The van der Waals surface area contributed by atoms with Gasteiger partial charge in [0.05, 0.1) is 34.7 Å². The largest absolute Gasteiger partial charge is 0.418 e. The maximum Gasteiger partial charge on any atom is 0.418 e. The summed E-state index contributed by atoms with van der Waals surface area (Å²) in [5.41, 5.74) is -1.21. The number of aromatic amines is 1. The molecule has 1 heterocycles. The number of alkyl halides is 3. The minimum Gasteiger partial charge on any atom is -0.324 e. The predicted molar refractivity (Wildman–Crippen MR) is 108 cm³/mol. The molecule has 0 saturated heterocycles. The van der Waals surface area contributed by atoms with Gasteiger partial charge in [0.1, 0.15) is 5.82 Å². The van der Waals surface area contributed by atoms with Crippen molar-refractivity contribution in [1.29, 1.82) is 0 Å². The van der Waals surface area contributed by atoms with Crippen molar-refractivity contribution < 1.29 is 18.0 Å². The summed E-state index contributed by atoms with van der Waals surface area (Å²) in [4.78, 5) is 33.3. The first-order chi connectivity index (χ1) is 14.1. The van der Waals surface area contributed by atoms with Crippen molar-refractivity contribution in [3.63, 3.8) is 0 Å². The molecule has 1 unspecified atom stereocenters. The van der Waals surface area contributed by atoms with E-state index in [2.05, 4.69) is 15.3 Å². The summed E-state index contributed by atoms with van der Waals surface area (Å²) in [6, 6.07) is 9.15. The van der Waals surface area contributed by atoms with E-state index >= 15 is 0 Å². The fourth-order valence-electron chi connectivity index (χ4n) is 2.88. The Hall–Kier alpha value is -2.91. The molecule has 30 heavy (non-hydrogen) atoms. The molecule has 0 bridgehead atoms. The minimum absolute atomic E-state index is 0.0863. The lowest BCUT2D eigenvalue weighted by molar-refractivity contribution is -0.137. The number of hydrogen-bond donors (Lipinski definition) is 2. The van der Waals surface area contributed by atoms with E-state index in [4.69, 9.17) is 11.6 Å². The number of halogens is 4. The average molecular weight is 439 g/mol. The number of fused-ring (bicyclic) bond motifs is 1. The number of nitrogens with zero attached hydrogens (tertiary/aromatic N) is 2. The highest BCUT2D eigenvalue weighted by Crippen LogP contribution is 2.36. The maximum atomic E-state index is 13.2. The van der Waals surface area contributed by atoms with Crippen LogP contribution in [-0.2, 0) is 17.5 Å². The lowest BCUT2D eigenvalue weighted by Gasteiger charge is -2.24. The summed E-state index contributed by atoms with van der Waals surface area (Å²) in [5, 5.41) is 2.66. The van der Waals surface area contributed by atoms with E-state index in [1.165, 1.54) is 13.0 Å². The van der Waals surface area contributed by atoms with Crippen LogP contribution in [-0.4, -0.2) is 33.9 Å².